The van der Waals surface area contributed by atoms with Crippen LogP contribution in [0.25, 0.3) is 0 Å². The van der Waals surface area contributed by atoms with E-state index < -0.39 is 5.66 Å². The number of fused-ring (bicyclic) bond motifs is 3. The molecule has 2 aromatic carbocycles. The fraction of sp³-hybridized carbons (Fsp3) is 0.375. The molecule has 0 bridgehead atoms. The molecule has 2 atom stereocenters. The second-order valence-corrected chi connectivity index (χ2v) is 9.57. The van der Waals surface area contributed by atoms with Crippen LogP contribution in [0.15, 0.2) is 53.0 Å². The van der Waals surface area contributed by atoms with Gasteiger partial charge < -0.3 is 9.80 Å². The number of carbonyl (C=O) groups is 3. The van der Waals surface area contributed by atoms with Crippen molar-refractivity contribution in [1.29, 1.82) is 0 Å². The predicted molar refractivity (Wildman–Crippen MR) is 120 cm³/mol. The Bertz CT molecular complexity index is 1070. The molecule has 0 spiro atoms. The van der Waals surface area contributed by atoms with Crippen LogP contribution in [0.2, 0.25) is 0 Å². The highest BCUT2D eigenvalue weighted by Crippen LogP contribution is 2.44. The summed E-state index contributed by atoms with van der Waals surface area (Å²) in [4.78, 5) is 44.8. The molecule has 3 amide bonds. The Morgan fingerprint density at radius 1 is 1.13 bits per heavy atom. The van der Waals surface area contributed by atoms with E-state index in [1.165, 1.54) is 0 Å². The zero-order valence-corrected chi connectivity index (χ0v) is 19.0. The monoisotopic (exact) mass is 481 g/mol. The molecule has 160 valence electrons. The topological polar surface area (TPSA) is 60.9 Å². The molecule has 0 N–H and O–H groups in total. The first-order valence-electron chi connectivity index (χ1n) is 10.7. The van der Waals surface area contributed by atoms with E-state index in [9.17, 15) is 14.4 Å². The number of likely N-dealkylation sites (tertiary alicyclic amines) is 1. The van der Waals surface area contributed by atoms with Crippen LogP contribution in [0, 0.1) is 0 Å². The van der Waals surface area contributed by atoms with Crippen LogP contribution in [0.3, 0.4) is 0 Å². The highest BCUT2D eigenvalue weighted by atomic mass is 79.9. The Morgan fingerprint density at radius 3 is 2.65 bits per heavy atom. The van der Waals surface area contributed by atoms with Crippen LogP contribution in [0.1, 0.15) is 54.6 Å². The summed E-state index contributed by atoms with van der Waals surface area (Å²) in [6.45, 7) is 2.55. The lowest BCUT2D eigenvalue weighted by molar-refractivity contribution is -0.134. The minimum atomic E-state index is -0.814. The maximum absolute atomic E-state index is 13.5. The Kier molecular flexibility index (Phi) is 4.88. The normalized spacial score (nSPS) is 25.1. The molecule has 2 saturated heterocycles. The highest BCUT2D eigenvalue weighted by molar-refractivity contribution is 9.10. The molecule has 0 saturated carbocycles. The molecule has 6 nitrogen and oxygen atoms in total. The number of hydrogen-bond acceptors (Lipinski definition) is 3. The molecule has 0 radical (unpaired) electrons. The first-order valence-corrected chi connectivity index (χ1v) is 11.5. The van der Waals surface area contributed by atoms with Gasteiger partial charge >= 0.3 is 0 Å². The van der Waals surface area contributed by atoms with E-state index in [1.54, 1.807) is 21.9 Å². The fourth-order valence-corrected chi connectivity index (χ4v) is 5.53. The van der Waals surface area contributed by atoms with Crippen LogP contribution >= 0.6 is 15.9 Å². The van der Waals surface area contributed by atoms with Crippen molar-refractivity contribution in [2.75, 3.05) is 18.0 Å². The average molecular weight is 482 g/mol. The van der Waals surface area contributed by atoms with Gasteiger partial charge in [-0.1, -0.05) is 40.2 Å². The highest BCUT2D eigenvalue weighted by Gasteiger charge is 2.53. The zero-order chi connectivity index (χ0) is 21.8. The van der Waals surface area contributed by atoms with Crippen LogP contribution < -0.4 is 4.90 Å². The second kappa shape index (κ2) is 7.48. The number of nitrogens with zero attached hydrogens (tertiary/aromatic N) is 3. The molecule has 0 aliphatic carbocycles. The van der Waals surface area contributed by atoms with Crippen LogP contribution in [0.5, 0.6) is 0 Å². The van der Waals surface area contributed by atoms with Crippen molar-refractivity contribution in [1.82, 2.24) is 9.80 Å². The van der Waals surface area contributed by atoms with Gasteiger partial charge in [0.05, 0.1) is 17.3 Å². The summed E-state index contributed by atoms with van der Waals surface area (Å²) in [5.74, 6) is -0.260. The number of hydrogen-bond donors (Lipinski definition) is 0. The summed E-state index contributed by atoms with van der Waals surface area (Å²) < 4.78 is 1.00. The van der Waals surface area contributed by atoms with Gasteiger partial charge in [-0.2, -0.15) is 0 Å². The molecule has 5 rings (SSSR count). The molecular weight excluding hydrogens is 458 g/mol. The van der Waals surface area contributed by atoms with Gasteiger partial charge in [-0.3, -0.25) is 19.3 Å². The molecule has 2 aromatic rings. The minimum Gasteiger partial charge on any atom is -0.334 e. The summed E-state index contributed by atoms with van der Waals surface area (Å²) in [5, 5.41) is 0. The van der Waals surface area contributed by atoms with E-state index in [2.05, 4.69) is 15.9 Å². The van der Waals surface area contributed by atoms with E-state index in [0.717, 1.165) is 22.9 Å². The molecule has 2 fully saturated rings. The Labute approximate surface area is 189 Å². The summed E-state index contributed by atoms with van der Waals surface area (Å²) >= 11 is 3.46. The van der Waals surface area contributed by atoms with Crippen molar-refractivity contribution < 1.29 is 14.4 Å². The van der Waals surface area contributed by atoms with E-state index in [4.69, 9.17) is 0 Å². The van der Waals surface area contributed by atoms with Gasteiger partial charge in [0.1, 0.15) is 12.2 Å². The van der Waals surface area contributed by atoms with Gasteiger partial charge in [0.25, 0.3) is 5.91 Å². The maximum Gasteiger partial charge on any atom is 0.258 e. The summed E-state index contributed by atoms with van der Waals surface area (Å²) in [6, 6.07) is 15.3. The number of halogens is 1. The van der Waals surface area contributed by atoms with Crippen molar-refractivity contribution >= 4 is 39.3 Å². The lowest BCUT2D eigenvalue weighted by atomic mass is 9.98. The Hall–Kier alpha value is -2.67. The van der Waals surface area contributed by atoms with E-state index in [1.807, 2.05) is 48.2 Å². The molecule has 3 aliphatic rings. The Balaban J connectivity index is 1.45. The average Bonchev–Trinajstić information content (AvgIpc) is 3.37. The maximum atomic E-state index is 13.5. The summed E-state index contributed by atoms with van der Waals surface area (Å²) in [7, 11) is 0. The van der Waals surface area contributed by atoms with Gasteiger partial charge in [-0.05, 0) is 56.0 Å². The summed E-state index contributed by atoms with van der Waals surface area (Å²) in [6.07, 6.45) is 2.74. The van der Waals surface area contributed by atoms with Gasteiger partial charge in [-0.15, -0.1) is 0 Å². The SMILES string of the molecule is CC12CCC(=O)N1c1ccccc1C(=O)N2CC(=O)N1CCCC1c1ccc(Br)cc1. The van der Waals surface area contributed by atoms with Crippen molar-refractivity contribution in [2.24, 2.45) is 0 Å². The number of amides is 3. The smallest absolute Gasteiger partial charge is 0.258 e. The lowest BCUT2D eigenvalue weighted by Gasteiger charge is -2.48. The molecule has 3 aliphatic heterocycles. The molecule has 3 heterocycles. The largest absolute Gasteiger partial charge is 0.334 e. The predicted octanol–water partition coefficient (Wildman–Crippen LogP) is 4.11. The quantitative estimate of drug-likeness (QED) is 0.662. The number of para-hydroxylation sites is 1. The molecule has 31 heavy (non-hydrogen) atoms. The Morgan fingerprint density at radius 2 is 1.87 bits per heavy atom. The standard InChI is InChI=1S/C24H24BrN3O3/c1-24-13-12-21(29)28(24)20-6-3-2-5-18(20)23(31)27(24)15-22(30)26-14-4-7-19(26)16-8-10-17(25)11-9-16/h2-3,5-6,8-11,19H,4,7,12-15H2,1H3. The van der Waals surface area contributed by atoms with Crippen molar-refractivity contribution in [3.63, 3.8) is 0 Å². The van der Waals surface area contributed by atoms with Crippen molar-refractivity contribution in [2.45, 2.75) is 44.3 Å². The first-order chi connectivity index (χ1) is 14.9. The minimum absolute atomic E-state index is 0.00573. The van der Waals surface area contributed by atoms with Gasteiger partial charge in [-0.25, -0.2) is 0 Å². The van der Waals surface area contributed by atoms with E-state index in [-0.39, 0.29) is 30.3 Å². The lowest BCUT2D eigenvalue weighted by Crippen LogP contribution is -2.64. The number of anilines is 1. The molecule has 7 heteroatoms. The number of carbonyl (C=O) groups excluding carboxylic acids is 3. The zero-order valence-electron chi connectivity index (χ0n) is 17.4. The second-order valence-electron chi connectivity index (χ2n) is 8.65. The van der Waals surface area contributed by atoms with Gasteiger partial charge in [0.15, 0.2) is 0 Å². The van der Waals surface area contributed by atoms with Gasteiger partial charge in [0.2, 0.25) is 11.8 Å². The van der Waals surface area contributed by atoms with Crippen molar-refractivity contribution in [3.8, 4) is 0 Å². The molecule has 0 aromatic heterocycles. The van der Waals surface area contributed by atoms with E-state index >= 15 is 0 Å². The van der Waals surface area contributed by atoms with Crippen molar-refractivity contribution in [3.05, 3.63) is 64.1 Å². The molecular formula is C24H24BrN3O3. The summed E-state index contributed by atoms with van der Waals surface area (Å²) in [5.41, 5.74) is 1.42. The fourth-order valence-electron chi connectivity index (χ4n) is 5.26. The number of rotatable bonds is 3. The van der Waals surface area contributed by atoms with E-state index in [0.29, 0.717) is 30.6 Å². The number of benzene rings is 2. The third kappa shape index (κ3) is 3.17. The van der Waals surface area contributed by atoms with Gasteiger partial charge in [0, 0.05) is 17.4 Å². The van der Waals surface area contributed by atoms with Crippen LogP contribution in [-0.2, 0) is 9.59 Å². The van der Waals surface area contributed by atoms with Crippen LogP contribution in [-0.4, -0.2) is 46.3 Å². The first kappa shape index (κ1) is 20.2. The third-order valence-corrected chi connectivity index (χ3v) is 7.40. The van der Waals surface area contributed by atoms with Crippen LogP contribution in [0.4, 0.5) is 5.69 Å². The third-order valence-electron chi connectivity index (χ3n) is 6.87. The molecule has 2 unspecified atom stereocenters.